The second-order valence-corrected chi connectivity index (χ2v) is 39.2. The van der Waals surface area contributed by atoms with Gasteiger partial charge in [-0.15, -0.1) is 0 Å². The number of hydrogen-bond acceptors (Lipinski definition) is 22. The van der Waals surface area contributed by atoms with E-state index in [0.717, 1.165) is 22.0 Å². The zero-order chi connectivity index (χ0) is 104. The Labute approximate surface area is 792 Å². The molecule has 1 fully saturated rings. The quantitative estimate of drug-likeness (QED) is 0.0276. The van der Waals surface area contributed by atoms with Crippen molar-refractivity contribution in [2.45, 2.75) is 341 Å². The highest BCUT2D eigenvalue weighted by molar-refractivity contribution is 6.05. The number of likely N-dealkylation sites (tertiary alicyclic amines) is 1. The molecule has 21 amide bonds. The van der Waals surface area contributed by atoms with E-state index >= 15 is 0 Å². The molecule has 0 bridgehead atoms. The van der Waals surface area contributed by atoms with Crippen LogP contribution in [0, 0.1) is 5.92 Å². The Morgan fingerprint density at radius 1 is 0.426 bits per heavy atom. The van der Waals surface area contributed by atoms with E-state index in [9.17, 15) is 106 Å². The van der Waals surface area contributed by atoms with Crippen molar-refractivity contribution in [1.29, 1.82) is 0 Å². The summed E-state index contributed by atoms with van der Waals surface area (Å²) in [4.78, 5) is 291. The van der Waals surface area contributed by atoms with E-state index in [2.05, 4.69) is 101 Å². The monoisotopic (exact) mass is 1910 g/mol. The molecule has 754 valence electrons. The van der Waals surface area contributed by atoms with E-state index in [0.29, 0.717) is 6.42 Å². The molecule has 3 aromatic rings. The molecule has 1 aliphatic rings. The third-order valence-electron chi connectivity index (χ3n) is 23.3. The number of aromatic amines is 1. The van der Waals surface area contributed by atoms with Gasteiger partial charge in [0.25, 0.3) is 0 Å². The number of amides is 21. The number of fused-ring (bicyclic) bond motifs is 1. The van der Waals surface area contributed by atoms with Crippen LogP contribution in [-0.4, -0.2) is 263 Å². The van der Waals surface area contributed by atoms with Crippen LogP contribution in [0.1, 0.15) is 235 Å². The van der Waals surface area contributed by atoms with Gasteiger partial charge in [-0.05, 0) is 206 Å². The SMILES string of the molecule is CCC(C)(NC(=O)C1CCCN1C(=O)C(C)(C)NC(=O)C(C)NC(=O)C(C)NC(=O)C(C)(C)NC(=O)C(C)(C)NC(=O)CNC(=O)C(CCC(N)=O)NC(=O)C(CC(C)C)NC(=O)C(C)(CC)NC(=O)C(C)(C)NC(=O)C(C)NC(=O)C(C)(C)NC(=O)C(Cc1ccccc1)NC(C)=O)C(=O)NC(C)(C)C(=O)NC(C)(C)C(=O)NC(CCC(N)=O)C(=O)NC(CO)Cc1c[nH]c2ccccc12. The third-order valence-corrected chi connectivity index (χ3v) is 23.3. The average molecular weight is 1910 g/mol. The molecule has 136 heavy (non-hydrogen) atoms. The van der Waals surface area contributed by atoms with Crippen LogP contribution in [-0.2, 0) is 114 Å². The number of nitrogens with zero attached hydrogens (tertiary/aromatic N) is 1. The number of carbonyl (C=O) groups is 21. The maximum absolute atomic E-state index is 14.4. The molecule has 0 radical (unpaired) electrons. The minimum Gasteiger partial charge on any atom is -0.394 e. The Kier molecular flexibility index (Phi) is 40.9. The predicted octanol–water partition coefficient (Wildman–Crippen LogP) is -2.58. The fraction of sp³-hybridized carbons (Fsp3) is 0.620. The summed E-state index contributed by atoms with van der Waals surface area (Å²) in [6.45, 7) is 31.9. The smallest absolute Gasteiger partial charge is 0.248 e. The lowest BCUT2D eigenvalue weighted by atomic mass is 9.93. The van der Waals surface area contributed by atoms with Crippen molar-refractivity contribution in [1.82, 2.24) is 106 Å². The number of aliphatic hydroxyl groups excluding tert-OH is 1. The van der Waals surface area contributed by atoms with Crippen LogP contribution in [0.25, 0.3) is 10.9 Å². The topological polar surface area (TPSA) is 666 Å². The lowest BCUT2D eigenvalue weighted by molar-refractivity contribution is -0.146. The Morgan fingerprint density at radius 2 is 0.860 bits per heavy atom. The van der Waals surface area contributed by atoms with Gasteiger partial charge in [-0.2, -0.15) is 0 Å². The second-order valence-electron chi connectivity index (χ2n) is 39.2. The van der Waals surface area contributed by atoms with Crippen molar-refractivity contribution in [2.24, 2.45) is 17.4 Å². The molecular formula is C92H144N22O22. The van der Waals surface area contributed by atoms with Crippen molar-refractivity contribution < 1.29 is 106 Å². The first-order valence-corrected chi connectivity index (χ1v) is 45.3. The summed E-state index contributed by atoms with van der Waals surface area (Å²) in [6.07, 6.45) is 0.954. The summed E-state index contributed by atoms with van der Waals surface area (Å²) < 4.78 is 0. The number of benzene rings is 2. The molecule has 11 atom stereocenters. The number of rotatable bonds is 51. The number of primary amides is 2. The summed E-state index contributed by atoms with van der Waals surface area (Å²) in [5.74, 6) is -17.8. The van der Waals surface area contributed by atoms with Crippen LogP contribution < -0.4 is 107 Å². The van der Waals surface area contributed by atoms with E-state index in [1.807, 2.05) is 24.3 Å². The average Bonchev–Trinajstić information content (AvgIpc) is 1.69. The third kappa shape index (κ3) is 33.7. The first-order valence-electron chi connectivity index (χ1n) is 45.3. The number of hydrogen-bond donors (Lipinski definition) is 22. The fourth-order valence-electron chi connectivity index (χ4n) is 14.0. The number of nitrogens with two attached hydrogens (primary N) is 2. The summed E-state index contributed by atoms with van der Waals surface area (Å²) in [5.41, 5.74) is -2.61. The highest BCUT2D eigenvalue weighted by atomic mass is 16.3. The zero-order valence-corrected chi connectivity index (χ0v) is 82.6. The standard InChI is InChI=1S/C92H144N22O22/c1-25-91(23,113-80(133)88(17,18)106-69(122)52(7)99-75(128)84(9,10)108-73(126)62(100-53(8)116)44-54-33-28-27-29-34-54)81(134)104-61(43-49(3)4)72(125)102-59(38-40-64(93)117)70(123)96-47-66(119)105-87(15,16)78(131)110-85(11,12)76(129)98-50(5)67(120)97-51(6)68(121)107-90(21,22)83(136)114-42-32-37-63(114)74(127)109-92(24,26-2)82(135)112-89(19,20)79(132)111-86(13,14)77(130)103-60(39-41-65(94)118)71(124)101-56(48-115)45-55-46-95-58-36-31-30-35-57(55)58/h27-31,33-36,46,49-52,56,59-63,95,115H,25-26,32,37-45,47-48H2,1-24H3,(H2,93,117)(H2,94,118)(H,96,123)(H,97,120)(H,98,129)(H,99,128)(H,100,116)(H,101,124)(H,102,125)(H,103,130)(H,104,134)(H,105,119)(H,106,122)(H,107,121)(H,108,126)(H,109,127)(H,110,131)(H,111,132)(H,112,135)(H,113,133). The molecule has 0 aliphatic carbocycles. The highest BCUT2D eigenvalue weighted by Gasteiger charge is 2.49. The summed E-state index contributed by atoms with van der Waals surface area (Å²) in [5, 5.41) is 57.4. The lowest BCUT2D eigenvalue weighted by Gasteiger charge is -2.37. The van der Waals surface area contributed by atoms with Crippen molar-refractivity contribution >= 4 is 135 Å². The summed E-state index contributed by atoms with van der Waals surface area (Å²) in [7, 11) is 0. The maximum atomic E-state index is 14.4. The molecule has 0 saturated carbocycles. The van der Waals surface area contributed by atoms with Crippen LogP contribution in [0.4, 0.5) is 0 Å². The second kappa shape index (κ2) is 48.3. The molecule has 44 nitrogen and oxygen atoms in total. The lowest BCUT2D eigenvalue weighted by Crippen LogP contribution is -2.68. The number of nitrogens with one attached hydrogen (secondary N) is 19. The van der Waals surface area contributed by atoms with Crippen molar-refractivity contribution in [3.8, 4) is 0 Å². The van der Waals surface area contributed by atoms with Crippen molar-refractivity contribution in [3.63, 3.8) is 0 Å². The van der Waals surface area contributed by atoms with Crippen LogP contribution in [0.5, 0.6) is 0 Å². The Bertz CT molecular complexity index is 4930. The largest absolute Gasteiger partial charge is 0.394 e. The van der Waals surface area contributed by atoms with Gasteiger partial charge in [-0.1, -0.05) is 76.2 Å². The van der Waals surface area contributed by atoms with Crippen LogP contribution in [0.15, 0.2) is 60.8 Å². The van der Waals surface area contributed by atoms with Gasteiger partial charge in [0.05, 0.1) is 19.2 Å². The molecule has 11 unspecified atom stereocenters. The summed E-state index contributed by atoms with van der Waals surface area (Å²) >= 11 is 0. The molecule has 24 N–H and O–H groups in total. The van der Waals surface area contributed by atoms with Gasteiger partial charge < -0.3 is 122 Å². The number of carbonyl (C=O) groups excluding carboxylic acids is 21. The van der Waals surface area contributed by atoms with Gasteiger partial charge in [-0.3, -0.25) is 101 Å². The number of para-hydroxylation sites is 1. The highest BCUT2D eigenvalue weighted by Crippen LogP contribution is 2.26. The molecular weight excluding hydrogens is 1770 g/mol. The molecule has 4 rings (SSSR count). The number of H-pyrrole nitrogens is 1. The van der Waals surface area contributed by atoms with Crippen LogP contribution in [0.2, 0.25) is 0 Å². The zero-order valence-electron chi connectivity index (χ0n) is 82.6. The van der Waals surface area contributed by atoms with Crippen molar-refractivity contribution in [3.05, 3.63) is 71.9 Å². The number of aromatic nitrogens is 1. The van der Waals surface area contributed by atoms with Gasteiger partial charge >= 0.3 is 0 Å². The van der Waals surface area contributed by atoms with Gasteiger partial charge in [0.1, 0.15) is 98.2 Å². The first kappa shape index (κ1) is 115. The normalized spacial score (nSPS) is 15.7. The summed E-state index contributed by atoms with van der Waals surface area (Å²) in [6, 6.07) is 4.87. The van der Waals surface area contributed by atoms with Crippen LogP contribution >= 0.6 is 0 Å². The Morgan fingerprint density at radius 3 is 1.38 bits per heavy atom. The van der Waals surface area contributed by atoms with Crippen LogP contribution in [0.3, 0.4) is 0 Å². The van der Waals surface area contributed by atoms with E-state index in [-0.39, 0.29) is 63.8 Å². The molecule has 2 heterocycles. The Balaban J connectivity index is 1.30. The molecule has 1 aliphatic heterocycles. The minimum absolute atomic E-state index is 0.0390. The van der Waals surface area contributed by atoms with Gasteiger partial charge in [0.2, 0.25) is 124 Å². The fourth-order valence-corrected chi connectivity index (χ4v) is 14.0. The van der Waals surface area contributed by atoms with E-state index < -0.39 is 254 Å². The molecule has 0 spiro atoms. The number of aliphatic hydroxyl groups is 1. The van der Waals surface area contributed by atoms with Gasteiger partial charge in [-0.25, -0.2) is 0 Å². The van der Waals surface area contributed by atoms with Crippen molar-refractivity contribution in [2.75, 3.05) is 19.7 Å². The minimum atomic E-state index is -1.84. The predicted molar refractivity (Wildman–Crippen MR) is 501 cm³/mol. The van der Waals surface area contributed by atoms with E-state index in [4.69, 9.17) is 11.5 Å². The maximum Gasteiger partial charge on any atom is 0.248 e. The van der Waals surface area contributed by atoms with Gasteiger partial charge in [0.15, 0.2) is 0 Å². The molecule has 1 aromatic heterocycles. The molecule has 2 aromatic carbocycles. The first-order chi connectivity index (χ1) is 62.6. The van der Waals surface area contributed by atoms with E-state index in [1.165, 1.54) is 143 Å². The molecule has 1 saturated heterocycles. The Hall–Kier alpha value is -13.2. The molecule has 44 heteroatoms. The van der Waals surface area contributed by atoms with E-state index in [1.54, 1.807) is 64.2 Å². The van der Waals surface area contributed by atoms with Gasteiger partial charge in [0, 0.05) is 49.8 Å².